The van der Waals surface area contributed by atoms with Gasteiger partial charge in [0, 0.05) is 12.1 Å². The van der Waals surface area contributed by atoms with Crippen molar-refractivity contribution < 1.29 is 5.11 Å². The van der Waals surface area contributed by atoms with E-state index in [2.05, 4.69) is 32.8 Å². The van der Waals surface area contributed by atoms with Crippen LogP contribution in [0.15, 0.2) is 0 Å². The van der Waals surface area contributed by atoms with Crippen molar-refractivity contribution >= 4 is 11.6 Å². The summed E-state index contributed by atoms with van der Waals surface area (Å²) >= 11 is 6.20. The van der Waals surface area contributed by atoms with Crippen LogP contribution in [-0.2, 0) is 19.6 Å². The molecule has 1 aromatic rings. The monoisotopic (exact) mass is 244 g/mol. The van der Waals surface area contributed by atoms with Crippen LogP contribution in [0.3, 0.4) is 0 Å². The maximum absolute atomic E-state index is 9.32. The second-order valence-corrected chi connectivity index (χ2v) is 5.41. The molecule has 0 saturated heterocycles. The van der Waals surface area contributed by atoms with Crippen LogP contribution in [0, 0.1) is 11.8 Å². The Balaban J connectivity index is 2.99. The molecule has 16 heavy (non-hydrogen) atoms. The minimum absolute atomic E-state index is 0.0288. The van der Waals surface area contributed by atoms with E-state index in [0.717, 1.165) is 24.2 Å². The number of nitrogens with zero attached hydrogens (tertiary/aromatic N) is 2. The molecule has 1 aromatic heterocycles. The molecule has 0 fully saturated rings. The van der Waals surface area contributed by atoms with E-state index < -0.39 is 0 Å². The minimum atomic E-state index is -0.0288. The van der Waals surface area contributed by atoms with Crippen LogP contribution >= 0.6 is 11.6 Å². The molecule has 0 unspecified atom stereocenters. The van der Waals surface area contributed by atoms with Crippen LogP contribution < -0.4 is 0 Å². The van der Waals surface area contributed by atoms with Crippen molar-refractivity contribution in [3.8, 4) is 0 Å². The highest BCUT2D eigenvalue weighted by Crippen LogP contribution is 2.23. The molecular weight excluding hydrogens is 224 g/mol. The first-order chi connectivity index (χ1) is 7.45. The number of aliphatic hydroxyl groups excluding tert-OH is 1. The Bertz CT molecular complexity index is 345. The van der Waals surface area contributed by atoms with E-state index in [1.807, 2.05) is 0 Å². The number of aromatic nitrogens is 2. The summed E-state index contributed by atoms with van der Waals surface area (Å²) in [5.74, 6) is 1.01. The zero-order chi connectivity index (χ0) is 12.3. The lowest BCUT2D eigenvalue weighted by Gasteiger charge is -2.05. The van der Waals surface area contributed by atoms with E-state index in [4.69, 9.17) is 11.6 Å². The molecule has 0 aromatic carbocycles. The van der Waals surface area contributed by atoms with Gasteiger partial charge in [0.2, 0.25) is 0 Å². The van der Waals surface area contributed by atoms with Crippen molar-refractivity contribution in [1.82, 2.24) is 9.78 Å². The highest BCUT2D eigenvalue weighted by molar-refractivity contribution is 6.30. The first-order valence-corrected chi connectivity index (χ1v) is 6.18. The molecule has 1 N–H and O–H groups in total. The highest BCUT2D eigenvalue weighted by atomic mass is 35.5. The molecule has 0 aliphatic rings. The maximum atomic E-state index is 9.32. The summed E-state index contributed by atoms with van der Waals surface area (Å²) in [5.41, 5.74) is 1.72. The Labute approximate surface area is 102 Å². The summed E-state index contributed by atoms with van der Waals surface area (Å²) in [5, 5.41) is 14.4. The van der Waals surface area contributed by atoms with Gasteiger partial charge in [-0.2, -0.15) is 5.10 Å². The Morgan fingerprint density at radius 3 is 2.31 bits per heavy atom. The summed E-state index contributed by atoms with van der Waals surface area (Å²) < 4.78 is 1.80. The molecule has 1 heterocycles. The standard InChI is InChI=1S/C12H21ClN2O/c1-8(2)5-11-10(7-16)12(13)15(14-11)6-9(3)4/h8-9,16H,5-7H2,1-4H3. The maximum Gasteiger partial charge on any atom is 0.132 e. The zero-order valence-corrected chi connectivity index (χ0v) is 11.3. The Hall–Kier alpha value is -0.540. The van der Waals surface area contributed by atoms with Crippen molar-refractivity contribution in [3.05, 3.63) is 16.4 Å². The number of aliphatic hydroxyl groups is 1. The normalized spacial score (nSPS) is 11.8. The summed E-state index contributed by atoms with van der Waals surface area (Å²) in [6.07, 6.45) is 0.862. The Morgan fingerprint density at radius 1 is 1.25 bits per heavy atom. The van der Waals surface area contributed by atoms with Crippen LogP contribution in [0.5, 0.6) is 0 Å². The van der Waals surface area contributed by atoms with Gasteiger partial charge in [0.15, 0.2) is 0 Å². The smallest absolute Gasteiger partial charge is 0.132 e. The van der Waals surface area contributed by atoms with Crippen molar-refractivity contribution in [2.75, 3.05) is 0 Å². The number of hydrogen-bond donors (Lipinski definition) is 1. The largest absolute Gasteiger partial charge is 0.391 e. The summed E-state index contributed by atoms with van der Waals surface area (Å²) in [7, 11) is 0. The molecule has 0 atom stereocenters. The van der Waals surface area contributed by atoms with Crippen molar-refractivity contribution in [2.24, 2.45) is 11.8 Å². The first-order valence-electron chi connectivity index (χ1n) is 5.80. The third kappa shape index (κ3) is 3.22. The molecule has 4 heteroatoms. The van der Waals surface area contributed by atoms with Gasteiger partial charge in [-0.1, -0.05) is 39.3 Å². The number of hydrogen-bond acceptors (Lipinski definition) is 2. The van der Waals surface area contributed by atoms with Gasteiger partial charge in [-0.05, 0) is 18.3 Å². The summed E-state index contributed by atoms with van der Waals surface area (Å²) in [6.45, 7) is 9.29. The molecule has 0 amide bonds. The van der Waals surface area contributed by atoms with Gasteiger partial charge in [0.05, 0.1) is 12.3 Å². The van der Waals surface area contributed by atoms with Crippen LogP contribution in [0.4, 0.5) is 0 Å². The molecule has 0 aliphatic carbocycles. The van der Waals surface area contributed by atoms with Gasteiger partial charge >= 0.3 is 0 Å². The van der Waals surface area contributed by atoms with Crippen molar-refractivity contribution in [1.29, 1.82) is 0 Å². The van der Waals surface area contributed by atoms with Crippen LogP contribution in [0.1, 0.15) is 39.0 Å². The lowest BCUT2D eigenvalue weighted by atomic mass is 10.1. The average Bonchev–Trinajstić information content (AvgIpc) is 2.41. The molecule has 0 bridgehead atoms. The fourth-order valence-corrected chi connectivity index (χ4v) is 1.97. The minimum Gasteiger partial charge on any atom is -0.391 e. The van der Waals surface area contributed by atoms with Gasteiger partial charge in [0.1, 0.15) is 5.15 Å². The van der Waals surface area contributed by atoms with Crippen molar-refractivity contribution in [3.63, 3.8) is 0 Å². The Kier molecular flexibility index (Phi) is 4.81. The quantitative estimate of drug-likeness (QED) is 0.865. The fourth-order valence-electron chi connectivity index (χ4n) is 1.70. The predicted octanol–water partition coefficient (Wildman–Crippen LogP) is 2.88. The van der Waals surface area contributed by atoms with Gasteiger partial charge in [-0.15, -0.1) is 0 Å². The summed E-state index contributed by atoms with van der Waals surface area (Å²) in [6, 6.07) is 0. The molecule has 0 spiro atoms. The molecular formula is C12H21ClN2O. The topological polar surface area (TPSA) is 38.0 Å². The lowest BCUT2D eigenvalue weighted by Crippen LogP contribution is -2.07. The molecule has 0 saturated carbocycles. The molecule has 92 valence electrons. The predicted molar refractivity (Wildman–Crippen MR) is 66.5 cm³/mol. The van der Waals surface area contributed by atoms with Crippen molar-refractivity contribution in [2.45, 2.75) is 47.3 Å². The van der Waals surface area contributed by atoms with E-state index in [0.29, 0.717) is 17.0 Å². The molecule has 1 rings (SSSR count). The second-order valence-electron chi connectivity index (χ2n) is 5.05. The number of halogens is 1. The van der Waals surface area contributed by atoms with Crippen LogP contribution in [0.2, 0.25) is 5.15 Å². The Morgan fingerprint density at radius 2 is 1.88 bits per heavy atom. The highest BCUT2D eigenvalue weighted by Gasteiger charge is 2.16. The SMILES string of the molecule is CC(C)Cc1nn(CC(C)C)c(Cl)c1CO. The first kappa shape index (κ1) is 13.5. The van der Waals surface area contributed by atoms with E-state index in [-0.39, 0.29) is 6.61 Å². The van der Waals surface area contributed by atoms with E-state index in [1.165, 1.54) is 0 Å². The molecule has 0 aliphatic heterocycles. The van der Waals surface area contributed by atoms with E-state index in [1.54, 1.807) is 4.68 Å². The second kappa shape index (κ2) is 5.69. The average molecular weight is 245 g/mol. The third-order valence-corrected chi connectivity index (χ3v) is 2.79. The van der Waals surface area contributed by atoms with E-state index >= 15 is 0 Å². The molecule has 3 nitrogen and oxygen atoms in total. The van der Waals surface area contributed by atoms with Crippen LogP contribution in [-0.4, -0.2) is 14.9 Å². The van der Waals surface area contributed by atoms with Gasteiger partial charge in [-0.3, -0.25) is 4.68 Å². The zero-order valence-electron chi connectivity index (χ0n) is 10.5. The molecule has 0 radical (unpaired) electrons. The number of rotatable bonds is 5. The van der Waals surface area contributed by atoms with Crippen LogP contribution in [0.25, 0.3) is 0 Å². The van der Waals surface area contributed by atoms with Gasteiger partial charge in [-0.25, -0.2) is 0 Å². The fraction of sp³-hybridized carbons (Fsp3) is 0.750. The van der Waals surface area contributed by atoms with Gasteiger partial charge in [0.25, 0.3) is 0 Å². The van der Waals surface area contributed by atoms with Gasteiger partial charge < -0.3 is 5.11 Å². The lowest BCUT2D eigenvalue weighted by molar-refractivity contribution is 0.280. The van der Waals surface area contributed by atoms with E-state index in [9.17, 15) is 5.11 Å². The summed E-state index contributed by atoms with van der Waals surface area (Å²) in [4.78, 5) is 0. The third-order valence-electron chi connectivity index (χ3n) is 2.36.